The van der Waals surface area contributed by atoms with E-state index in [1.54, 1.807) is 18.2 Å². The molecule has 0 fully saturated rings. The Balaban J connectivity index is 3.62. The molecular weight excluding hydrogens is 164 g/mol. The molecule has 1 N–H and O–H groups in total. The minimum Gasteiger partial charge on any atom is -0.481 e. The summed E-state index contributed by atoms with van der Waals surface area (Å²) in [4.78, 5) is 10.1. The number of carbonyl (C=O) groups is 1. The molecule has 0 heterocycles. The van der Waals surface area contributed by atoms with Gasteiger partial charge in [-0.2, -0.15) is 0 Å². The van der Waals surface area contributed by atoms with Crippen molar-refractivity contribution in [2.24, 2.45) is 0 Å². The number of aliphatic carboxylic acids is 1. The summed E-state index contributed by atoms with van der Waals surface area (Å²) in [6, 6.07) is 0. The Labute approximate surface area is 78.6 Å². The lowest BCUT2D eigenvalue weighted by atomic mass is 10.3. The van der Waals surface area contributed by atoms with Crippen molar-refractivity contribution in [1.29, 1.82) is 0 Å². The summed E-state index contributed by atoms with van der Waals surface area (Å²) in [5, 5.41) is 8.29. The highest BCUT2D eigenvalue weighted by molar-refractivity contribution is 5.68. The molecular formula is C11H14O2. The summed E-state index contributed by atoms with van der Waals surface area (Å²) in [6.45, 7) is 1.95. The molecule has 2 nitrogen and oxygen atoms in total. The van der Waals surface area contributed by atoms with Gasteiger partial charge in [-0.1, -0.05) is 48.6 Å². The van der Waals surface area contributed by atoms with E-state index in [2.05, 4.69) is 0 Å². The van der Waals surface area contributed by atoms with Crippen molar-refractivity contribution in [3.8, 4) is 0 Å². The number of rotatable bonds is 5. The number of carboxylic acids is 1. The Morgan fingerprint density at radius 1 is 1.08 bits per heavy atom. The Hall–Kier alpha value is -1.57. The molecule has 0 radical (unpaired) electrons. The van der Waals surface area contributed by atoms with Crippen LogP contribution in [-0.4, -0.2) is 11.1 Å². The van der Waals surface area contributed by atoms with E-state index in [1.165, 1.54) is 0 Å². The predicted octanol–water partition coefficient (Wildman–Crippen LogP) is 2.71. The molecule has 0 aliphatic heterocycles. The minimum atomic E-state index is -0.811. The molecule has 0 spiro atoms. The van der Waals surface area contributed by atoms with E-state index in [0.29, 0.717) is 0 Å². The summed E-state index contributed by atoms with van der Waals surface area (Å²) < 4.78 is 0. The summed E-state index contributed by atoms with van der Waals surface area (Å²) in [6.07, 6.45) is 14.7. The molecule has 0 aliphatic carbocycles. The third-order valence-electron chi connectivity index (χ3n) is 1.18. The van der Waals surface area contributed by atoms with Crippen LogP contribution in [0.2, 0.25) is 0 Å². The smallest absolute Gasteiger partial charge is 0.307 e. The molecule has 70 valence electrons. The zero-order chi connectivity index (χ0) is 9.94. The van der Waals surface area contributed by atoms with Crippen LogP contribution in [0.1, 0.15) is 13.3 Å². The van der Waals surface area contributed by atoms with Gasteiger partial charge in [0.25, 0.3) is 0 Å². The summed E-state index contributed by atoms with van der Waals surface area (Å²) >= 11 is 0. The van der Waals surface area contributed by atoms with Gasteiger partial charge in [-0.3, -0.25) is 4.79 Å². The molecule has 0 unspecified atom stereocenters. The first-order chi connectivity index (χ1) is 6.27. The molecule has 0 atom stereocenters. The van der Waals surface area contributed by atoms with Crippen LogP contribution in [0.5, 0.6) is 0 Å². The molecule has 0 aliphatic rings. The fourth-order valence-electron chi connectivity index (χ4n) is 0.615. The van der Waals surface area contributed by atoms with Crippen LogP contribution in [0, 0.1) is 0 Å². The van der Waals surface area contributed by atoms with Gasteiger partial charge in [0.15, 0.2) is 0 Å². The van der Waals surface area contributed by atoms with E-state index < -0.39 is 5.97 Å². The van der Waals surface area contributed by atoms with Crippen molar-refractivity contribution in [2.75, 3.05) is 0 Å². The molecule has 0 saturated heterocycles. The molecule has 0 bridgehead atoms. The third kappa shape index (κ3) is 10.4. The maximum absolute atomic E-state index is 10.1. The van der Waals surface area contributed by atoms with Crippen molar-refractivity contribution in [2.45, 2.75) is 13.3 Å². The van der Waals surface area contributed by atoms with Crippen LogP contribution in [-0.2, 0) is 4.79 Å². The van der Waals surface area contributed by atoms with E-state index in [1.807, 2.05) is 37.3 Å². The van der Waals surface area contributed by atoms with Crippen LogP contribution >= 0.6 is 0 Å². The first-order valence-electron chi connectivity index (χ1n) is 4.10. The molecule has 13 heavy (non-hydrogen) atoms. The van der Waals surface area contributed by atoms with Crippen molar-refractivity contribution in [3.63, 3.8) is 0 Å². The van der Waals surface area contributed by atoms with E-state index in [9.17, 15) is 4.79 Å². The van der Waals surface area contributed by atoms with Crippen LogP contribution in [0.15, 0.2) is 48.6 Å². The highest BCUT2D eigenvalue weighted by atomic mass is 16.4. The van der Waals surface area contributed by atoms with Gasteiger partial charge in [0.05, 0.1) is 6.42 Å². The van der Waals surface area contributed by atoms with Crippen LogP contribution in [0.4, 0.5) is 0 Å². The molecule has 2 heteroatoms. The van der Waals surface area contributed by atoms with Crippen molar-refractivity contribution in [1.82, 2.24) is 0 Å². The summed E-state index contributed by atoms with van der Waals surface area (Å²) in [5.41, 5.74) is 0. The Morgan fingerprint density at radius 3 is 2.15 bits per heavy atom. The van der Waals surface area contributed by atoms with Crippen LogP contribution in [0.3, 0.4) is 0 Å². The number of carboxylic acid groups (broad SMARTS) is 1. The lowest BCUT2D eigenvalue weighted by Gasteiger charge is -1.79. The molecule has 0 aromatic carbocycles. The summed E-state index contributed by atoms with van der Waals surface area (Å²) in [5.74, 6) is -0.811. The van der Waals surface area contributed by atoms with E-state index in [0.717, 1.165) is 0 Å². The second-order valence-corrected chi connectivity index (χ2v) is 2.32. The van der Waals surface area contributed by atoms with E-state index in [-0.39, 0.29) is 6.42 Å². The second-order valence-electron chi connectivity index (χ2n) is 2.32. The standard InChI is InChI=1S/C11H14O2/c1-2-3-4-5-6-7-8-9-10-11(12)13/h2-9H,10H2,1H3,(H,12,13). The molecule has 0 saturated carbocycles. The van der Waals surface area contributed by atoms with Gasteiger partial charge in [0.1, 0.15) is 0 Å². The van der Waals surface area contributed by atoms with Gasteiger partial charge >= 0.3 is 5.97 Å². The van der Waals surface area contributed by atoms with Gasteiger partial charge in [-0.15, -0.1) is 0 Å². The lowest BCUT2D eigenvalue weighted by Crippen LogP contribution is -1.89. The molecule has 0 aromatic rings. The maximum atomic E-state index is 10.1. The molecule has 0 amide bonds. The maximum Gasteiger partial charge on any atom is 0.307 e. The summed E-state index contributed by atoms with van der Waals surface area (Å²) in [7, 11) is 0. The Kier molecular flexibility index (Phi) is 7.50. The van der Waals surface area contributed by atoms with Crippen molar-refractivity contribution < 1.29 is 9.90 Å². The number of hydrogen-bond acceptors (Lipinski definition) is 1. The van der Waals surface area contributed by atoms with Gasteiger partial charge in [0.2, 0.25) is 0 Å². The zero-order valence-corrected chi connectivity index (χ0v) is 7.68. The third-order valence-corrected chi connectivity index (χ3v) is 1.18. The average Bonchev–Trinajstić information content (AvgIpc) is 2.09. The van der Waals surface area contributed by atoms with Crippen molar-refractivity contribution in [3.05, 3.63) is 48.6 Å². The van der Waals surface area contributed by atoms with Gasteiger partial charge in [-0.05, 0) is 6.92 Å². The first kappa shape index (κ1) is 11.4. The van der Waals surface area contributed by atoms with Gasteiger partial charge in [0, 0.05) is 0 Å². The fraction of sp³-hybridized carbons (Fsp3) is 0.182. The van der Waals surface area contributed by atoms with Gasteiger partial charge < -0.3 is 5.11 Å². The normalized spacial score (nSPS) is 12.7. The topological polar surface area (TPSA) is 37.3 Å². The van der Waals surface area contributed by atoms with Gasteiger partial charge in [-0.25, -0.2) is 0 Å². The highest BCUT2D eigenvalue weighted by Gasteiger charge is 1.86. The highest BCUT2D eigenvalue weighted by Crippen LogP contribution is 1.85. The van der Waals surface area contributed by atoms with Crippen LogP contribution in [0.25, 0.3) is 0 Å². The SMILES string of the molecule is CC=CC=CC=CC=CCC(=O)O. The number of allylic oxidation sites excluding steroid dienone is 7. The minimum absolute atomic E-state index is 0.0723. The Morgan fingerprint density at radius 2 is 1.62 bits per heavy atom. The van der Waals surface area contributed by atoms with E-state index >= 15 is 0 Å². The largest absolute Gasteiger partial charge is 0.481 e. The lowest BCUT2D eigenvalue weighted by molar-refractivity contribution is -0.135. The van der Waals surface area contributed by atoms with Crippen LogP contribution < -0.4 is 0 Å². The Bertz CT molecular complexity index is 245. The second kappa shape index (κ2) is 8.53. The van der Waals surface area contributed by atoms with Crippen molar-refractivity contribution >= 4 is 5.97 Å². The average molecular weight is 178 g/mol. The monoisotopic (exact) mass is 178 g/mol. The van der Waals surface area contributed by atoms with E-state index in [4.69, 9.17) is 5.11 Å². The predicted molar refractivity (Wildman–Crippen MR) is 54.5 cm³/mol. The fourth-order valence-corrected chi connectivity index (χ4v) is 0.615. The number of hydrogen-bond donors (Lipinski definition) is 1. The molecule has 0 aromatic heterocycles. The molecule has 0 rings (SSSR count). The zero-order valence-electron chi connectivity index (χ0n) is 7.68. The quantitative estimate of drug-likeness (QED) is 0.657. The first-order valence-corrected chi connectivity index (χ1v) is 4.10.